The van der Waals surface area contributed by atoms with Gasteiger partial charge in [-0.3, -0.25) is 4.57 Å². The third kappa shape index (κ3) is 1.18. The molecule has 1 aromatic heterocycles. The Morgan fingerprint density at radius 3 is 2.79 bits per heavy atom. The minimum Gasteiger partial charge on any atom is -0.340 e. The molecular formula is C11H12N2O. The van der Waals surface area contributed by atoms with Gasteiger partial charge in [0.2, 0.25) is 0 Å². The van der Waals surface area contributed by atoms with E-state index in [1.165, 1.54) is 0 Å². The molecule has 2 aromatic rings. The number of amides is 1. The first kappa shape index (κ1) is 8.81. The fourth-order valence-corrected chi connectivity index (χ4v) is 1.67. The van der Waals surface area contributed by atoms with Crippen LogP contribution in [-0.4, -0.2) is 17.6 Å². The molecular weight excluding hydrogens is 176 g/mol. The van der Waals surface area contributed by atoms with E-state index in [-0.39, 0.29) is 6.03 Å². The van der Waals surface area contributed by atoms with Gasteiger partial charge in [-0.1, -0.05) is 18.2 Å². The summed E-state index contributed by atoms with van der Waals surface area (Å²) in [5.74, 6) is 0. The van der Waals surface area contributed by atoms with Crippen molar-refractivity contribution in [3.8, 4) is 0 Å². The SMILES string of the molecule is CNC(=O)n1c(C)cc2ccccc21. The van der Waals surface area contributed by atoms with Crippen LogP contribution in [0.1, 0.15) is 5.69 Å². The molecule has 0 atom stereocenters. The summed E-state index contributed by atoms with van der Waals surface area (Å²) in [6, 6.07) is 9.75. The molecule has 3 heteroatoms. The van der Waals surface area contributed by atoms with Crippen molar-refractivity contribution in [2.45, 2.75) is 6.92 Å². The molecule has 1 aromatic carbocycles. The lowest BCUT2D eigenvalue weighted by atomic mass is 10.2. The highest BCUT2D eigenvalue weighted by atomic mass is 16.2. The summed E-state index contributed by atoms with van der Waals surface area (Å²) in [5.41, 5.74) is 1.90. The number of fused-ring (bicyclic) bond motifs is 1. The van der Waals surface area contributed by atoms with Gasteiger partial charge in [-0.25, -0.2) is 4.79 Å². The Balaban J connectivity index is 2.74. The van der Waals surface area contributed by atoms with Gasteiger partial charge in [0.05, 0.1) is 5.52 Å². The van der Waals surface area contributed by atoms with Crippen molar-refractivity contribution in [1.82, 2.24) is 9.88 Å². The first-order valence-electron chi connectivity index (χ1n) is 4.53. The van der Waals surface area contributed by atoms with E-state index < -0.39 is 0 Å². The number of benzene rings is 1. The third-order valence-corrected chi connectivity index (χ3v) is 2.31. The molecule has 0 spiro atoms. The number of rotatable bonds is 0. The van der Waals surface area contributed by atoms with Crippen molar-refractivity contribution in [2.24, 2.45) is 0 Å². The van der Waals surface area contributed by atoms with Gasteiger partial charge in [-0.15, -0.1) is 0 Å². The molecule has 14 heavy (non-hydrogen) atoms. The van der Waals surface area contributed by atoms with Gasteiger partial charge in [0.25, 0.3) is 0 Å². The van der Waals surface area contributed by atoms with Crippen LogP contribution < -0.4 is 5.32 Å². The minimum absolute atomic E-state index is 0.0938. The van der Waals surface area contributed by atoms with Crippen LogP contribution in [0.3, 0.4) is 0 Å². The topological polar surface area (TPSA) is 34.0 Å². The highest BCUT2D eigenvalue weighted by molar-refractivity contribution is 5.92. The second kappa shape index (κ2) is 3.18. The van der Waals surface area contributed by atoms with E-state index in [0.717, 1.165) is 16.6 Å². The van der Waals surface area contributed by atoms with Crippen LogP contribution in [0.15, 0.2) is 30.3 Å². The molecule has 2 rings (SSSR count). The maximum Gasteiger partial charge on any atom is 0.325 e. The zero-order valence-corrected chi connectivity index (χ0v) is 8.24. The van der Waals surface area contributed by atoms with E-state index >= 15 is 0 Å². The zero-order chi connectivity index (χ0) is 10.1. The van der Waals surface area contributed by atoms with Gasteiger partial charge in [0.1, 0.15) is 0 Å². The van der Waals surface area contributed by atoms with Crippen molar-refractivity contribution < 1.29 is 4.79 Å². The van der Waals surface area contributed by atoms with E-state index in [4.69, 9.17) is 0 Å². The molecule has 0 fully saturated rings. The molecule has 0 unspecified atom stereocenters. The summed E-state index contributed by atoms with van der Waals surface area (Å²) in [6.07, 6.45) is 0. The fourth-order valence-electron chi connectivity index (χ4n) is 1.67. The Hall–Kier alpha value is -1.77. The zero-order valence-electron chi connectivity index (χ0n) is 8.24. The van der Waals surface area contributed by atoms with Crippen molar-refractivity contribution in [3.63, 3.8) is 0 Å². The van der Waals surface area contributed by atoms with Crippen LogP contribution in [0.5, 0.6) is 0 Å². The predicted octanol–water partition coefficient (Wildman–Crippen LogP) is 2.14. The first-order chi connectivity index (χ1) is 6.74. The number of hydrogen-bond donors (Lipinski definition) is 1. The lowest BCUT2D eigenvalue weighted by Gasteiger charge is -2.04. The minimum atomic E-state index is -0.0938. The molecule has 1 heterocycles. The van der Waals surface area contributed by atoms with Crippen molar-refractivity contribution in [3.05, 3.63) is 36.0 Å². The molecule has 0 aliphatic heterocycles. The smallest absolute Gasteiger partial charge is 0.325 e. The standard InChI is InChI=1S/C11H12N2O/c1-8-7-9-5-3-4-6-10(9)13(8)11(14)12-2/h3-7H,1-2H3,(H,12,14). The molecule has 72 valence electrons. The molecule has 0 bridgehead atoms. The Morgan fingerprint density at radius 2 is 2.07 bits per heavy atom. The lowest BCUT2D eigenvalue weighted by molar-refractivity contribution is 0.245. The van der Waals surface area contributed by atoms with E-state index in [9.17, 15) is 4.79 Å². The van der Waals surface area contributed by atoms with E-state index in [1.54, 1.807) is 11.6 Å². The summed E-state index contributed by atoms with van der Waals surface area (Å²) >= 11 is 0. The van der Waals surface area contributed by atoms with Gasteiger partial charge >= 0.3 is 6.03 Å². The number of aromatic nitrogens is 1. The summed E-state index contributed by atoms with van der Waals surface area (Å²) in [4.78, 5) is 11.6. The number of nitrogens with zero attached hydrogens (tertiary/aromatic N) is 1. The average Bonchev–Trinajstić information content (AvgIpc) is 2.53. The quantitative estimate of drug-likeness (QED) is 0.675. The summed E-state index contributed by atoms with van der Waals surface area (Å²) < 4.78 is 1.68. The monoisotopic (exact) mass is 188 g/mol. The first-order valence-corrected chi connectivity index (χ1v) is 4.53. The normalized spacial score (nSPS) is 10.4. The average molecular weight is 188 g/mol. The van der Waals surface area contributed by atoms with Crippen LogP contribution in [0, 0.1) is 6.92 Å². The van der Waals surface area contributed by atoms with Gasteiger partial charge in [-0.05, 0) is 19.1 Å². The third-order valence-electron chi connectivity index (χ3n) is 2.31. The molecule has 1 N–H and O–H groups in total. The van der Waals surface area contributed by atoms with Crippen molar-refractivity contribution in [2.75, 3.05) is 7.05 Å². The number of carbonyl (C=O) groups is 1. The van der Waals surface area contributed by atoms with Crippen LogP contribution in [0.2, 0.25) is 0 Å². The number of para-hydroxylation sites is 1. The fraction of sp³-hybridized carbons (Fsp3) is 0.182. The van der Waals surface area contributed by atoms with Gasteiger partial charge in [0, 0.05) is 18.1 Å². The largest absolute Gasteiger partial charge is 0.340 e. The van der Waals surface area contributed by atoms with Crippen LogP contribution in [0.4, 0.5) is 4.79 Å². The summed E-state index contributed by atoms with van der Waals surface area (Å²) in [5, 5.41) is 3.72. The maximum atomic E-state index is 11.6. The Kier molecular flexibility index (Phi) is 2.00. The molecule has 1 amide bonds. The number of aryl methyl sites for hydroxylation is 1. The summed E-state index contributed by atoms with van der Waals surface area (Å²) in [6.45, 7) is 1.93. The highest BCUT2D eigenvalue weighted by Gasteiger charge is 2.09. The summed E-state index contributed by atoms with van der Waals surface area (Å²) in [7, 11) is 1.64. The van der Waals surface area contributed by atoms with E-state index in [0.29, 0.717) is 0 Å². The van der Waals surface area contributed by atoms with Gasteiger partial charge in [0.15, 0.2) is 0 Å². The van der Waals surface area contributed by atoms with Crippen molar-refractivity contribution >= 4 is 16.9 Å². The number of nitrogens with one attached hydrogen (secondary N) is 1. The van der Waals surface area contributed by atoms with Crippen LogP contribution >= 0.6 is 0 Å². The van der Waals surface area contributed by atoms with Gasteiger partial charge in [-0.2, -0.15) is 0 Å². The second-order valence-corrected chi connectivity index (χ2v) is 3.24. The Labute approximate surface area is 82.3 Å². The van der Waals surface area contributed by atoms with Crippen molar-refractivity contribution in [1.29, 1.82) is 0 Å². The maximum absolute atomic E-state index is 11.6. The van der Waals surface area contributed by atoms with E-state index in [2.05, 4.69) is 5.32 Å². The number of hydrogen-bond acceptors (Lipinski definition) is 1. The van der Waals surface area contributed by atoms with Gasteiger partial charge < -0.3 is 5.32 Å². The predicted molar refractivity (Wildman–Crippen MR) is 56.5 cm³/mol. The molecule has 0 aliphatic rings. The molecule has 0 radical (unpaired) electrons. The molecule has 3 nitrogen and oxygen atoms in total. The Morgan fingerprint density at radius 1 is 1.36 bits per heavy atom. The Bertz CT molecular complexity index is 485. The molecule has 0 saturated heterocycles. The van der Waals surface area contributed by atoms with Crippen LogP contribution in [0.25, 0.3) is 10.9 Å². The highest BCUT2D eigenvalue weighted by Crippen LogP contribution is 2.18. The number of carbonyl (C=O) groups excluding carboxylic acids is 1. The van der Waals surface area contributed by atoms with E-state index in [1.807, 2.05) is 37.3 Å². The van der Waals surface area contributed by atoms with Crippen LogP contribution in [-0.2, 0) is 0 Å². The molecule has 0 aliphatic carbocycles. The lowest BCUT2D eigenvalue weighted by Crippen LogP contribution is -2.24. The second-order valence-electron chi connectivity index (χ2n) is 3.24. The molecule has 0 saturated carbocycles.